The first kappa shape index (κ1) is 20.6. The Morgan fingerprint density at radius 3 is 2.45 bits per heavy atom. The van der Waals surface area contributed by atoms with Crippen LogP contribution in [0.2, 0.25) is 0 Å². The average molecular weight is 474 g/mol. The Balaban J connectivity index is 1.64. The third kappa shape index (κ3) is 5.43. The highest BCUT2D eigenvalue weighted by Crippen LogP contribution is 2.23. The molecule has 9 heteroatoms. The first-order valence-corrected chi connectivity index (χ1v) is 9.57. The molecule has 2 amide bonds. The summed E-state index contributed by atoms with van der Waals surface area (Å²) in [5.41, 5.74) is 1.47. The molecule has 148 valence electrons. The van der Waals surface area contributed by atoms with Gasteiger partial charge in [0, 0.05) is 15.8 Å². The van der Waals surface area contributed by atoms with Gasteiger partial charge in [-0.25, -0.2) is 0 Å². The van der Waals surface area contributed by atoms with Gasteiger partial charge < -0.3 is 19.8 Å². The van der Waals surface area contributed by atoms with E-state index in [1.807, 2.05) is 0 Å². The van der Waals surface area contributed by atoms with Gasteiger partial charge in [0.15, 0.2) is 10.9 Å². The molecule has 0 fully saturated rings. The Kier molecular flexibility index (Phi) is 6.63. The normalized spacial score (nSPS) is 10.1. The van der Waals surface area contributed by atoms with Crippen LogP contribution >= 0.6 is 28.1 Å². The topological polar surface area (TPSA) is 92.6 Å². The quantitative estimate of drug-likeness (QED) is 0.474. The number of anilines is 2. The minimum absolute atomic E-state index is 0.103. The molecule has 3 rings (SSSR count). The van der Waals surface area contributed by atoms with Crippen molar-refractivity contribution in [2.24, 2.45) is 0 Å². The van der Waals surface area contributed by atoms with Gasteiger partial charge in [0.2, 0.25) is 0 Å². The largest absolute Gasteiger partial charge is 0.496 e. The third-order valence-electron chi connectivity index (χ3n) is 3.76. The number of thiocarbonyl (C=S) groups is 1. The van der Waals surface area contributed by atoms with E-state index in [1.165, 1.54) is 13.4 Å². The van der Waals surface area contributed by atoms with E-state index in [9.17, 15) is 9.59 Å². The van der Waals surface area contributed by atoms with E-state index in [0.29, 0.717) is 22.7 Å². The van der Waals surface area contributed by atoms with Crippen LogP contribution in [0.4, 0.5) is 11.4 Å². The van der Waals surface area contributed by atoms with Gasteiger partial charge in [0.1, 0.15) is 5.75 Å². The Morgan fingerprint density at radius 2 is 1.76 bits per heavy atom. The molecule has 0 aliphatic rings. The van der Waals surface area contributed by atoms with Crippen molar-refractivity contribution in [1.82, 2.24) is 5.32 Å². The Bertz CT molecular complexity index is 1050. The smallest absolute Gasteiger partial charge is 0.291 e. The first-order chi connectivity index (χ1) is 14.0. The van der Waals surface area contributed by atoms with Gasteiger partial charge >= 0.3 is 0 Å². The maximum Gasteiger partial charge on any atom is 0.291 e. The van der Waals surface area contributed by atoms with Gasteiger partial charge in [0.05, 0.1) is 18.9 Å². The van der Waals surface area contributed by atoms with Crippen LogP contribution < -0.4 is 20.7 Å². The van der Waals surface area contributed by atoms with Crippen LogP contribution in [-0.4, -0.2) is 24.0 Å². The Hall–Kier alpha value is -3.17. The monoisotopic (exact) mass is 473 g/mol. The van der Waals surface area contributed by atoms with E-state index in [1.54, 1.807) is 54.6 Å². The van der Waals surface area contributed by atoms with Crippen molar-refractivity contribution in [3.63, 3.8) is 0 Å². The second-order valence-corrected chi connectivity index (χ2v) is 7.09. The van der Waals surface area contributed by atoms with Crippen molar-refractivity contribution in [3.05, 3.63) is 76.7 Å². The third-order valence-corrected chi connectivity index (χ3v) is 4.45. The molecule has 0 saturated carbocycles. The molecule has 29 heavy (non-hydrogen) atoms. The zero-order valence-corrected chi connectivity index (χ0v) is 17.6. The molecule has 7 nitrogen and oxygen atoms in total. The molecular formula is C20H16BrN3O4S. The van der Waals surface area contributed by atoms with Crippen molar-refractivity contribution >= 4 is 56.4 Å². The van der Waals surface area contributed by atoms with Crippen LogP contribution in [0, 0.1) is 0 Å². The lowest BCUT2D eigenvalue weighted by atomic mass is 10.2. The number of carbonyl (C=O) groups excluding carboxylic acids is 2. The number of carbonyl (C=O) groups is 2. The Labute approximate surface area is 180 Å². The maximum atomic E-state index is 12.5. The fraction of sp³-hybridized carbons (Fsp3) is 0.0500. The SMILES string of the molecule is COc1ccc(Br)cc1C(=O)NC(=S)Nc1cccc(NC(=O)c2ccco2)c1. The lowest BCUT2D eigenvalue weighted by Crippen LogP contribution is -2.34. The van der Waals surface area contributed by atoms with Gasteiger partial charge in [-0.2, -0.15) is 0 Å². The van der Waals surface area contributed by atoms with Gasteiger partial charge in [-0.1, -0.05) is 22.0 Å². The fourth-order valence-electron chi connectivity index (χ4n) is 2.47. The minimum atomic E-state index is -0.414. The molecule has 0 bridgehead atoms. The van der Waals surface area contributed by atoms with E-state index < -0.39 is 5.91 Å². The molecule has 2 aromatic carbocycles. The number of amides is 2. The summed E-state index contributed by atoms with van der Waals surface area (Å²) >= 11 is 8.55. The second-order valence-electron chi connectivity index (χ2n) is 5.77. The summed E-state index contributed by atoms with van der Waals surface area (Å²) < 4.78 is 11.0. The molecule has 0 radical (unpaired) electrons. The molecule has 0 saturated heterocycles. The molecule has 1 aromatic heterocycles. The van der Waals surface area contributed by atoms with E-state index in [-0.39, 0.29) is 16.8 Å². The minimum Gasteiger partial charge on any atom is -0.496 e. The van der Waals surface area contributed by atoms with Crippen molar-refractivity contribution in [1.29, 1.82) is 0 Å². The predicted octanol–water partition coefficient (Wildman–Crippen LogP) is 4.43. The predicted molar refractivity (Wildman–Crippen MR) is 117 cm³/mol. The standard InChI is InChI=1S/C20H16BrN3O4S/c1-27-16-8-7-12(21)10-15(16)18(25)24-20(29)23-14-5-2-4-13(11-14)22-19(26)17-6-3-9-28-17/h2-11H,1H3,(H,22,26)(H2,23,24,25,29). The number of furan rings is 1. The summed E-state index contributed by atoms with van der Waals surface area (Å²) in [4.78, 5) is 24.6. The number of rotatable bonds is 5. The van der Waals surface area contributed by atoms with Crippen molar-refractivity contribution in [2.45, 2.75) is 0 Å². The summed E-state index contributed by atoms with van der Waals surface area (Å²) in [5.74, 6) is -0.155. The van der Waals surface area contributed by atoms with Crippen LogP contribution in [0.5, 0.6) is 5.75 Å². The van der Waals surface area contributed by atoms with Crippen LogP contribution in [-0.2, 0) is 0 Å². The molecule has 3 aromatic rings. The maximum absolute atomic E-state index is 12.5. The first-order valence-electron chi connectivity index (χ1n) is 8.37. The zero-order valence-electron chi connectivity index (χ0n) is 15.2. The summed E-state index contributed by atoms with van der Waals surface area (Å²) in [6.45, 7) is 0. The summed E-state index contributed by atoms with van der Waals surface area (Å²) in [6.07, 6.45) is 1.42. The molecular weight excluding hydrogens is 458 g/mol. The molecule has 0 unspecified atom stereocenters. The molecule has 1 heterocycles. The summed E-state index contributed by atoms with van der Waals surface area (Å²) in [5, 5.41) is 8.35. The highest BCUT2D eigenvalue weighted by Gasteiger charge is 2.14. The highest BCUT2D eigenvalue weighted by atomic mass is 79.9. The van der Waals surface area contributed by atoms with E-state index >= 15 is 0 Å². The highest BCUT2D eigenvalue weighted by molar-refractivity contribution is 9.10. The number of ether oxygens (including phenoxy) is 1. The lowest BCUT2D eigenvalue weighted by molar-refractivity contribution is 0.0972. The van der Waals surface area contributed by atoms with E-state index in [0.717, 1.165) is 4.47 Å². The second kappa shape index (κ2) is 9.35. The lowest BCUT2D eigenvalue weighted by Gasteiger charge is -2.13. The zero-order chi connectivity index (χ0) is 20.8. The number of hydrogen-bond acceptors (Lipinski definition) is 5. The van der Waals surface area contributed by atoms with Crippen molar-refractivity contribution in [3.8, 4) is 5.75 Å². The molecule has 0 atom stereocenters. The van der Waals surface area contributed by atoms with Gasteiger partial charge in [-0.3, -0.25) is 14.9 Å². The number of methoxy groups -OCH3 is 1. The average Bonchev–Trinajstić information content (AvgIpc) is 3.23. The van der Waals surface area contributed by atoms with Crippen molar-refractivity contribution in [2.75, 3.05) is 17.7 Å². The van der Waals surface area contributed by atoms with Crippen LogP contribution in [0.25, 0.3) is 0 Å². The summed E-state index contributed by atoms with van der Waals surface area (Å²) in [7, 11) is 1.49. The van der Waals surface area contributed by atoms with Gasteiger partial charge in [-0.15, -0.1) is 0 Å². The number of hydrogen-bond donors (Lipinski definition) is 3. The molecule has 0 aliphatic carbocycles. The van der Waals surface area contributed by atoms with Crippen LogP contribution in [0.15, 0.2) is 69.8 Å². The van der Waals surface area contributed by atoms with Gasteiger partial charge in [0.25, 0.3) is 11.8 Å². The molecule has 0 spiro atoms. The van der Waals surface area contributed by atoms with Crippen LogP contribution in [0.1, 0.15) is 20.9 Å². The number of benzene rings is 2. The van der Waals surface area contributed by atoms with E-state index in [4.69, 9.17) is 21.4 Å². The number of halogens is 1. The molecule has 0 aliphatic heterocycles. The van der Waals surface area contributed by atoms with E-state index in [2.05, 4.69) is 31.9 Å². The number of nitrogens with one attached hydrogen (secondary N) is 3. The Morgan fingerprint density at radius 1 is 1.00 bits per heavy atom. The molecule has 3 N–H and O–H groups in total. The van der Waals surface area contributed by atoms with Gasteiger partial charge in [-0.05, 0) is 60.7 Å². The fourth-order valence-corrected chi connectivity index (χ4v) is 3.04. The van der Waals surface area contributed by atoms with Crippen molar-refractivity contribution < 1.29 is 18.7 Å². The summed E-state index contributed by atoms with van der Waals surface area (Å²) in [6, 6.07) is 15.2. The van der Waals surface area contributed by atoms with Crippen LogP contribution in [0.3, 0.4) is 0 Å².